The summed E-state index contributed by atoms with van der Waals surface area (Å²) in [5, 5.41) is 15.0. The van der Waals surface area contributed by atoms with Crippen LogP contribution < -0.4 is 21.5 Å². The van der Waals surface area contributed by atoms with E-state index in [0.717, 1.165) is 11.4 Å². The van der Waals surface area contributed by atoms with Crippen LogP contribution in [0.25, 0.3) is 16.9 Å². The first-order valence-electron chi connectivity index (χ1n) is 12.8. The van der Waals surface area contributed by atoms with Crippen molar-refractivity contribution in [3.05, 3.63) is 88.2 Å². The number of carbonyl (C=O) groups excluding carboxylic acids is 2. The third kappa shape index (κ3) is 5.40. The molecule has 3 N–H and O–H groups in total. The lowest BCUT2D eigenvalue weighted by Gasteiger charge is -2.16. The molecule has 1 fully saturated rings. The number of para-hydroxylation sites is 1. The van der Waals surface area contributed by atoms with Gasteiger partial charge in [0.25, 0.3) is 11.5 Å². The average molecular weight is 546 g/mol. The average Bonchev–Trinajstić information content (AvgIpc) is 3.66. The quantitative estimate of drug-likeness (QED) is 0.325. The van der Waals surface area contributed by atoms with E-state index in [1.165, 1.54) is 17.7 Å². The highest BCUT2D eigenvalue weighted by molar-refractivity contribution is 5.95. The van der Waals surface area contributed by atoms with Crippen LogP contribution in [0.4, 0.5) is 10.6 Å². The highest BCUT2D eigenvalue weighted by atomic mass is 16.7. The summed E-state index contributed by atoms with van der Waals surface area (Å²) < 4.78 is 8.38. The van der Waals surface area contributed by atoms with Crippen LogP contribution in [-0.4, -0.2) is 57.1 Å². The molecule has 2 atom stereocenters. The van der Waals surface area contributed by atoms with Crippen LogP contribution in [0.3, 0.4) is 0 Å². The predicted octanol–water partition coefficient (Wildman–Crippen LogP) is 2.83. The number of nitrogens with one attached hydrogen (secondary N) is 3. The fraction of sp³-hybridized carbons (Fsp3) is 0.286. The van der Waals surface area contributed by atoms with Crippen molar-refractivity contribution < 1.29 is 18.8 Å². The minimum Gasteiger partial charge on any atom is -0.468 e. The summed E-state index contributed by atoms with van der Waals surface area (Å²) in [6.07, 6.45) is 2.98. The fourth-order valence-electron chi connectivity index (χ4n) is 4.68. The van der Waals surface area contributed by atoms with Gasteiger partial charge in [0, 0.05) is 38.0 Å². The standard InChI is InChI=1S/C28H31N7O5/c1-17-24(19-13-22(26(36)29-3)27(37)33(4)14-19)32-35(20-9-6-5-7-10-20)25(17)31-28(38)30-23-16-34(40-18(23)2)15-21-11-8-12-39-21/h5-14,18,23H,15-16H2,1-4H3,(H,29,36)(H2,30,31,38)/t18-,23+/m0/s1. The molecule has 3 amide bonds. The lowest BCUT2D eigenvalue weighted by atomic mass is 10.1. The van der Waals surface area contributed by atoms with Crippen molar-refractivity contribution in [1.29, 1.82) is 0 Å². The maximum absolute atomic E-state index is 13.2. The van der Waals surface area contributed by atoms with E-state index in [1.54, 1.807) is 29.3 Å². The lowest BCUT2D eigenvalue weighted by molar-refractivity contribution is -0.150. The Morgan fingerprint density at radius 1 is 1.15 bits per heavy atom. The predicted molar refractivity (Wildman–Crippen MR) is 148 cm³/mol. The summed E-state index contributed by atoms with van der Waals surface area (Å²) in [6.45, 7) is 4.68. The van der Waals surface area contributed by atoms with E-state index in [9.17, 15) is 14.4 Å². The van der Waals surface area contributed by atoms with Crippen molar-refractivity contribution in [2.24, 2.45) is 7.05 Å². The Kier molecular flexibility index (Phi) is 7.54. The number of urea groups is 1. The van der Waals surface area contributed by atoms with Gasteiger partial charge < -0.3 is 19.6 Å². The van der Waals surface area contributed by atoms with Gasteiger partial charge in [-0.1, -0.05) is 18.2 Å². The summed E-state index contributed by atoms with van der Waals surface area (Å²) in [6, 6.07) is 13.9. The lowest BCUT2D eigenvalue weighted by Crippen LogP contribution is -2.44. The molecule has 1 saturated heterocycles. The van der Waals surface area contributed by atoms with Crippen molar-refractivity contribution in [2.75, 3.05) is 18.9 Å². The molecule has 0 saturated carbocycles. The molecular weight excluding hydrogens is 514 g/mol. The third-order valence-electron chi connectivity index (χ3n) is 6.79. The van der Waals surface area contributed by atoms with Crippen molar-refractivity contribution in [3.63, 3.8) is 0 Å². The van der Waals surface area contributed by atoms with E-state index in [4.69, 9.17) is 14.4 Å². The number of pyridine rings is 1. The molecule has 4 aromatic rings. The molecule has 0 aliphatic carbocycles. The van der Waals surface area contributed by atoms with Crippen LogP contribution in [-0.2, 0) is 18.4 Å². The number of aromatic nitrogens is 3. The largest absolute Gasteiger partial charge is 0.468 e. The Labute approximate surface area is 230 Å². The van der Waals surface area contributed by atoms with Crippen LogP contribution in [0.2, 0.25) is 0 Å². The van der Waals surface area contributed by atoms with E-state index in [2.05, 4.69) is 16.0 Å². The van der Waals surface area contributed by atoms with Crippen molar-refractivity contribution in [1.82, 2.24) is 30.0 Å². The Balaban J connectivity index is 1.43. The topological polar surface area (TPSA) is 136 Å². The summed E-state index contributed by atoms with van der Waals surface area (Å²) in [5.41, 5.74) is 2.04. The van der Waals surface area contributed by atoms with Crippen LogP contribution in [0.1, 0.15) is 28.6 Å². The van der Waals surface area contributed by atoms with E-state index in [0.29, 0.717) is 35.7 Å². The molecule has 0 spiro atoms. The summed E-state index contributed by atoms with van der Waals surface area (Å²) in [7, 11) is 3.05. The van der Waals surface area contributed by atoms with Crippen LogP contribution in [0.5, 0.6) is 0 Å². The number of hydrogen-bond acceptors (Lipinski definition) is 7. The number of rotatable bonds is 7. The number of benzene rings is 1. The second kappa shape index (κ2) is 11.2. The number of nitrogens with zero attached hydrogens (tertiary/aromatic N) is 4. The molecule has 0 unspecified atom stereocenters. The van der Waals surface area contributed by atoms with Gasteiger partial charge >= 0.3 is 6.03 Å². The Morgan fingerprint density at radius 2 is 1.93 bits per heavy atom. The van der Waals surface area contributed by atoms with Gasteiger partial charge in [-0.05, 0) is 44.2 Å². The first-order chi connectivity index (χ1) is 19.2. The van der Waals surface area contributed by atoms with E-state index >= 15 is 0 Å². The molecule has 5 rings (SSSR count). The Bertz CT molecular complexity index is 1580. The van der Waals surface area contributed by atoms with E-state index in [1.807, 2.05) is 56.3 Å². The van der Waals surface area contributed by atoms with Gasteiger partial charge in [0.1, 0.15) is 17.1 Å². The van der Waals surface area contributed by atoms with Crippen LogP contribution >= 0.6 is 0 Å². The minimum atomic E-state index is -0.491. The molecule has 1 aliphatic rings. The molecule has 3 aromatic heterocycles. The number of amides is 3. The van der Waals surface area contributed by atoms with Crippen molar-refractivity contribution in [2.45, 2.75) is 32.5 Å². The Hall–Kier alpha value is -4.68. The first kappa shape index (κ1) is 26.9. The van der Waals surface area contributed by atoms with Crippen LogP contribution in [0, 0.1) is 6.92 Å². The smallest absolute Gasteiger partial charge is 0.320 e. The van der Waals surface area contributed by atoms with Gasteiger partial charge in [0.05, 0.1) is 36.3 Å². The molecular formula is C28H31N7O5. The summed E-state index contributed by atoms with van der Waals surface area (Å²) in [4.78, 5) is 44.1. The van der Waals surface area contributed by atoms with Crippen molar-refractivity contribution >= 4 is 17.8 Å². The monoisotopic (exact) mass is 545 g/mol. The zero-order chi connectivity index (χ0) is 28.4. The molecule has 0 bridgehead atoms. The van der Waals surface area contributed by atoms with Gasteiger partial charge in [-0.15, -0.1) is 0 Å². The Morgan fingerprint density at radius 3 is 2.62 bits per heavy atom. The van der Waals surface area contributed by atoms with Gasteiger partial charge in [0.2, 0.25) is 0 Å². The molecule has 1 aromatic carbocycles. The summed E-state index contributed by atoms with van der Waals surface area (Å²) in [5.74, 6) is 0.729. The highest BCUT2D eigenvalue weighted by Crippen LogP contribution is 2.30. The number of hydroxylamine groups is 2. The normalized spacial score (nSPS) is 17.1. The number of anilines is 1. The fourth-order valence-corrected chi connectivity index (χ4v) is 4.68. The third-order valence-corrected chi connectivity index (χ3v) is 6.79. The second-order valence-electron chi connectivity index (χ2n) is 9.62. The van der Waals surface area contributed by atoms with Gasteiger partial charge in [-0.2, -0.15) is 10.2 Å². The van der Waals surface area contributed by atoms with Gasteiger partial charge in [-0.3, -0.25) is 19.7 Å². The SMILES string of the molecule is CNC(=O)c1cc(-c2nn(-c3ccccc3)c(NC(=O)N[C@@H]3CN(Cc4ccco4)O[C@H]3C)c2C)cn(C)c1=O. The molecule has 12 heteroatoms. The van der Waals surface area contributed by atoms with Gasteiger partial charge in [-0.25, -0.2) is 9.48 Å². The maximum atomic E-state index is 13.2. The zero-order valence-corrected chi connectivity index (χ0v) is 22.7. The molecule has 40 heavy (non-hydrogen) atoms. The number of carbonyl (C=O) groups is 2. The zero-order valence-electron chi connectivity index (χ0n) is 22.7. The van der Waals surface area contributed by atoms with E-state index in [-0.39, 0.29) is 17.7 Å². The number of furan rings is 1. The van der Waals surface area contributed by atoms with Gasteiger partial charge in [0.15, 0.2) is 0 Å². The number of aryl methyl sites for hydroxylation is 1. The molecule has 4 heterocycles. The van der Waals surface area contributed by atoms with Crippen molar-refractivity contribution in [3.8, 4) is 16.9 Å². The summed E-state index contributed by atoms with van der Waals surface area (Å²) >= 11 is 0. The minimum absolute atomic E-state index is 0.00210. The van der Waals surface area contributed by atoms with Crippen LogP contribution in [0.15, 0.2) is 70.2 Å². The second-order valence-corrected chi connectivity index (χ2v) is 9.62. The number of hydrogen-bond donors (Lipinski definition) is 3. The molecule has 12 nitrogen and oxygen atoms in total. The first-order valence-corrected chi connectivity index (χ1v) is 12.8. The molecule has 208 valence electrons. The molecule has 0 radical (unpaired) electrons. The highest BCUT2D eigenvalue weighted by Gasteiger charge is 2.33. The molecule has 1 aliphatic heterocycles. The van der Waals surface area contributed by atoms with E-state index < -0.39 is 17.5 Å². The maximum Gasteiger partial charge on any atom is 0.320 e.